The van der Waals surface area contributed by atoms with Crippen molar-refractivity contribution in [1.29, 1.82) is 5.26 Å². The van der Waals surface area contributed by atoms with Gasteiger partial charge in [0, 0.05) is 6.54 Å². The first-order valence-electron chi connectivity index (χ1n) is 5.36. The van der Waals surface area contributed by atoms with Crippen molar-refractivity contribution in [3.8, 4) is 6.07 Å². The zero-order chi connectivity index (χ0) is 13.1. The molecule has 3 nitrogen and oxygen atoms in total. The molecule has 0 N–H and O–H groups in total. The molecule has 2 rings (SSSR count). The molecule has 0 spiro atoms. The number of hydrogen-bond acceptors (Lipinski definition) is 3. The third-order valence-electron chi connectivity index (χ3n) is 2.66. The average Bonchev–Trinajstić information content (AvgIpc) is 2.72. The molecule has 1 unspecified atom stereocenters. The Morgan fingerprint density at radius 3 is 3.06 bits per heavy atom. The number of nitrogens with zero attached hydrogens (tertiary/aromatic N) is 2. The van der Waals surface area contributed by atoms with Crippen LogP contribution in [0.25, 0.3) is 0 Å². The van der Waals surface area contributed by atoms with E-state index in [2.05, 4.69) is 15.9 Å². The van der Waals surface area contributed by atoms with Gasteiger partial charge in [-0.05, 0) is 33.6 Å². The van der Waals surface area contributed by atoms with Crippen LogP contribution in [0.15, 0.2) is 22.7 Å². The summed E-state index contributed by atoms with van der Waals surface area (Å²) < 4.78 is 13.6. The van der Waals surface area contributed by atoms with Gasteiger partial charge in [-0.15, -0.1) is 11.8 Å². The van der Waals surface area contributed by atoms with Crippen molar-refractivity contribution in [2.45, 2.75) is 11.8 Å². The highest BCUT2D eigenvalue weighted by molar-refractivity contribution is 9.10. The molecule has 1 aliphatic rings. The van der Waals surface area contributed by atoms with E-state index >= 15 is 0 Å². The van der Waals surface area contributed by atoms with Gasteiger partial charge in [-0.2, -0.15) is 5.26 Å². The van der Waals surface area contributed by atoms with Crippen LogP contribution in [-0.2, 0) is 4.79 Å². The molecular weight excluding hydrogens is 319 g/mol. The maximum Gasteiger partial charge on any atom is 0.233 e. The molecule has 1 saturated heterocycles. The summed E-state index contributed by atoms with van der Waals surface area (Å²) in [5.74, 6) is 0.114. The summed E-state index contributed by atoms with van der Waals surface area (Å²) in [4.78, 5) is 13.4. The summed E-state index contributed by atoms with van der Waals surface area (Å²) in [6, 6.07) is 6.78. The molecular formula is C12H10BrFN2OS. The second-order valence-corrected chi connectivity index (χ2v) is 5.76. The lowest BCUT2D eigenvalue weighted by Gasteiger charge is -2.23. The number of halogens is 2. The Balaban J connectivity index is 2.23. The van der Waals surface area contributed by atoms with Crippen LogP contribution in [0.5, 0.6) is 0 Å². The number of carbonyl (C=O) groups is 1. The van der Waals surface area contributed by atoms with Gasteiger partial charge in [0.15, 0.2) is 0 Å². The van der Waals surface area contributed by atoms with Crippen molar-refractivity contribution in [2.75, 3.05) is 12.3 Å². The van der Waals surface area contributed by atoms with Crippen LogP contribution in [0, 0.1) is 17.1 Å². The molecule has 1 aromatic rings. The number of amides is 1. The van der Waals surface area contributed by atoms with Crippen LogP contribution >= 0.6 is 27.7 Å². The topological polar surface area (TPSA) is 44.1 Å². The average molecular weight is 329 g/mol. The number of thioether (sulfide) groups is 1. The monoisotopic (exact) mass is 328 g/mol. The first kappa shape index (κ1) is 13.4. The quantitative estimate of drug-likeness (QED) is 0.856. The molecule has 0 aromatic heterocycles. The summed E-state index contributed by atoms with van der Waals surface area (Å²) in [7, 11) is 0. The SMILES string of the molecule is N#CCCN1C(=O)CSC1c1ccc(F)c(Br)c1. The first-order chi connectivity index (χ1) is 8.63. The highest BCUT2D eigenvalue weighted by Gasteiger charge is 2.32. The molecule has 6 heteroatoms. The molecule has 1 fully saturated rings. The van der Waals surface area contributed by atoms with E-state index in [1.54, 1.807) is 17.0 Å². The van der Waals surface area contributed by atoms with E-state index in [4.69, 9.17) is 5.26 Å². The standard InChI is InChI=1S/C12H10BrFN2OS/c13-9-6-8(2-3-10(9)14)12-16(5-1-4-15)11(17)7-18-12/h2-3,6,12H,1,5,7H2. The number of rotatable bonds is 3. The Labute approximate surface area is 117 Å². The van der Waals surface area contributed by atoms with E-state index in [1.807, 2.05) is 6.07 Å². The highest BCUT2D eigenvalue weighted by atomic mass is 79.9. The number of carbonyl (C=O) groups excluding carboxylic acids is 1. The van der Waals surface area contributed by atoms with Crippen LogP contribution in [0.4, 0.5) is 4.39 Å². The van der Waals surface area contributed by atoms with Gasteiger partial charge in [0.1, 0.15) is 11.2 Å². The molecule has 94 valence electrons. The van der Waals surface area contributed by atoms with Crippen molar-refractivity contribution in [1.82, 2.24) is 4.90 Å². The van der Waals surface area contributed by atoms with E-state index in [0.717, 1.165) is 5.56 Å². The van der Waals surface area contributed by atoms with Crippen molar-refractivity contribution in [3.05, 3.63) is 34.1 Å². The summed E-state index contributed by atoms with van der Waals surface area (Å²) in [5, 5.41) is 8.48. The Morgan fingerprint density at radius 2 is 2.39 bits per heavy atom. The minimum absolute atomic E-state index is 0.0284. The first-order valence-corrected chi connectivity index (χ1v) is 7.20. The molecule has 0 radical (unpaired) electrons. The van der Waals surface area contributed by atoms with E-state index in [0.29, 0.717) is 23.2 Å². The molecule has 0 aliphatic carbocycles. The number of benzene rings is 1. The predicted molar refractivity (Wildman–Crippen MR) is 71.2 cm³/mol. The molecule has 1 aromatic carbocycles. The third-order valence-corrected chi connectivity index (χ3v) is 4.53. The van der Waals surface area contributed by atoms with Gasteiger partial charge in [0.05, 0.1) is 22.7 Å². The van der Waals surface area contributed by atoms with Crippen LogP contribution in [-0.4, -0.2) is 23.1 Å². The second kappa shape index (κ2) is 5.72. The molecule has 0 bridgehead atoms. The van der Waals surface area contributed by atoms with Gasteiger partial charge < -0.3 is 4.90 Å². The van der Waals surface area contributed by atoms with Gasteiger partial charge in [-0.3, -0.25) is 4.79 Å². The summed E-state index contributed by atoms with van der Waals surface area (Å²) in [6.45, 7) is 0.419. The van der Waals surface area contributed by atoms with Crippen LogP contribution in [0.1, 0.15) is 17.4 Å². The fourth-order valence-electron chi connectivity index (χ4n) is 1.81. The smallest absolute Gasteiger partial charge is 0.233 e. The predicted octanol–water partition coefficient (Wildman–Crippen LogP) is 3.08. The Morgan fingerprint density at radius 1 is 1.61 bits per heavy atom. The zero-order valence-electron chi connectivity index (χ0n) is 9.40. The van der Waals surface area contributed by atoms with E-state index in [1.165, 1.54) is 17.8 Å². The van der Waals surface area contributed by atoms with E-state index in [9.17, 15) is 9.18 Å². The summed E-state index contributed by atoms with van der Waals surface area (Å²) in [6.07, 6.45) is 0.311. The largest absolute Gasteiger partial charge is 0.325 e. The lowest BCUT2D eigenvalue weighted by molar-refractivity contribution is -0.127. The normalized spacial score (nSPS) is 19.1. The van der Waals surface area contributed by atoms with Crippen molar-refractivity contribution in [3.63, 3.8) is 0 Å². The Kier molecular flexibility index (Phi) is 4.25. The van der Waals surface area contributed by atoms with Gasteiger partial charge in [-0.1, -0.05) is 6.07 Å². The fraction of sp³-hybridized carbons (Fsp3) is 0.333. The number of nitriles is 1. The van der Waals surface area contributed by atoms with Crippen LogP contribution < -0.4 is 0 Å². The van der Waals surface area contributed by atoms with Crippen molar-refractivity contribution >= 4 is 33.6 Å². The van der Waals surface area contributed by atoms with E-state index < -0.39 is 0 Å². The molecule has 0 saturated carbocycles. The fourth-order valence-corrected chi connectivity index (χ4v) is 3.41. The minimum Gasteiger partial charge on any atom is -0.325 e. The highest BCUT2D eigenvalue weighted by Crippen LogP contribution is 2.39. The zero-order valence-corrected chi connectivity index (χ0v) is 11.8. The van der Waals surface area contributed by atoms with Gasteiger partial charge in [0.2, 0.25) is 5.91 Å². The maximum atomic E-state index is 13.2. The minimum atomic E-state index is -0.323. The molecule has 1 amide bonds. The summed E-state index contributed by atoms with van der Waals surface area (Å²) >= 11 is 4.64. The maximum absolute atomic E-state index is 13.2. The van der Waals surface area contributed by atoms with E-state index in [-0.39, 0.29) is 17.1 Å². The Hall–Kier alpha value is -1.06. The summed E-state index contributed by atoms with van der Waals surface area (Å²) in [5.41, 5.74) is 0.872. The van der Waals surface area contributed by atoms with Crippen LogP contribution in [0.2, 0.25) is 0 Å². The lowest BCUT2D eigenvalue weighted by Crippen LogP contribution is -2.29. The lowest BCUT2D eigenvalue weighted by atomic mass is 10.2. The third kappa shape index (κ3) is 2.68. The second-order valence-electron chi connectivity index (χ2n) is 3.83. The van der Waals surface area contributed by atoms with Gasteiger partial charge >= 0.3 is 0 Å². The van der Waals surface area contributed by atoms with Crippen molar-refractivity contribution < 1.29 is 9.18 Å². The number of hydrogen-bond donors (Lipinski definition) is 0. The van der Waals surface area contributed by atoms with Crippen molar-refractivity contribution in [2.24, 2.45) is 0 Å². The Bertz CT molecular complexity index is 517. The molecule has 1 atom stereocenters. The van der Waals surface area contributed by atoms with Crippen LogP contribution in [0.3, 0.4) is 0 Å². The molecule has 18 heavy (non-hydrogen) atoms. The molecule has 1 heterocycles. The van der Waals surface area contributed by atoms with Gasteiger partial charge in [-0.25, -0.2) is 4.39 Å². The van der Waals surface area contributed by atoms with Gasteiger partial charge in [0.25, 0.3) is 0 Å². The molecule has 1 aliphatic heterocycles.